The Morgan fingerprint density at radius 3 is 1.76 bits per heavy atom. The fraction of sp³-hybridized carbons (Fsp3) is 0. The quantitative estimate of drug-likeness (QED) is 0.231. The lowest BCUT2D eigenvalue weighted by Gasteiger charge is -2.27. The smallest absolute Gasteiger partial charge is 0.205 e. The molecule has 2 heterocycles. The number of hydrogen-bond acceptors (Lipinski definition) is 4. The van der Waals surface area contributed by atoms with Gasteiger partial charge in [-0.25, -0.2) is 0 Å². The fourth-order valence-electron chi connectivity index (χ4n) is 4.97. The van der Waals surface area contributed by atoms with Gasteiger partial charge < -0.3 is 13.7 Å². The summed E-state index contributed by atoms with van der Waals surface area (Å²) in [5.41, 5.74) is 6.76. The molecule has 7 aromatic rings. The van der Waals surface area contributed by atoms with Crippen LogP contribution in [-0.4, -0.2) is 0 Å². The molecule has 0 amide bonds. The Bertz CT molecular complexity index is 1800. The average Bonchev–Trinajstić information content (AvgIpc) is 3.59. The Kier molecular flexibility index (Phi) is 5.41. The summed E-state index contributed by atoms with van der Waals surface area (Å²) in [6.07, 6.45) is 1.83. The Labute approximate surface area is 220 Å². The van der Waals surface area contributed by atoms with Crippen molar-refractivity contribution in [2.75, 3.05) is 9.80 Å². The third-order valence-electron chi connectivity index (χ3n) is 6.71. The van der Waals surface area contributed by atoms with E-state index >= 15 is 0 Å². The van der Waals surface area contributed by atoms with Crippen molar-refractivity contribution in [2.24, 2.45) is 0 Å². The van der Waals surface area contributed by atoms with Crippen LogP contribution in [0.5, 0.6) is 0 Å². The number of nitrogens with zero attached hydrogens (tertiary/aromatic N) is 2. The van der Waals surface area contributed by atoms with E-state index in [0.29, 0.717) is 0 Å². The molecular weight excluding hydrogens is 468 g/mol. The topological polar surface area (TPSA) is 32.8 Å². The summed E-state index contributed by atoms with van der Waals surface area (Å²) in [7, 11) is 0. The van der Waals surface area contributed by atoms with Crippen molar-refractivity contribution in [2.45, 2.75) is 0 Å². The summed E-state index contributed by atoms with van der Waals surface area (Å²) < 4.78 is 12.3. The largest absolute Gasteiger partial charge is 0.462 e. The maximum absolute atomic E-state index is 6.35. The molecule has 0 N–H and O–H groups in total. The molecule has 0 radical (unpaired) electrons. The van der Waals surface area contributed by atoms with Crippen molar-refractivity contribution in [3.8, 4) is 0 Å². The maximum Gasteiger partial charge on any atom is 0.205 e. The Morgan fingerprint density at radius 2 is 1.03 bits per heavy atom. The van der Waals surface area contributed by atoms with Gasteiger partial charge >= 0.3 is 0 Å². The molecule has 5 aromatic carbocycles. The lowest BCUT2D eigenvalue weighted by atomic mass is 10.1. The molecule has 38 heavy (non-hydrogen) atoms. The zero-order valence-electron chi connectivity index (χ0n) is 20.6. The summed E-state index contributed by atoms with van der Waals surface area (Å²) in [6.45, 7) is 0. The van der Waals surface area contributed by atoms with E-state index in [1.54, 1.807) is 0 Å². The highest BCUT2D eigenvalue weighted by Crippen LogP contribution is 2.43. The number of furan rings is 2. The van der Waals surface area contributed by atoms with Crippen LogP contribution < -0.4 is 9.80 Å². The lowest BCUT2D eigenvalue weighted by Crippen LogP contribution is -2.12. The molecule has 0 saturated carbocycles. The van der Waals surface area contributed by atoms with Crippen LogP contribution in [0.3, 0.4) is 0 Å². The van der Waals surface area contributed by atoms with Crippen molar-refractivity contribution in [3.63, 3.8) is 0 Å². The Balaban J connectivity index is 1.41. The second-order valence-corrected chi connectivity index (χ2v) is 9.10. The molecule has 0 atom stereocenters. The lowest BCUT2D eigenvalue weighted by molar-refractivity contribution is 0.616. The highest BCUT2D eigenvalue weighted by Gasteiger charge is 2.21. The van der Waals surface area contributed by atoms with Gasteiger partial charge in [-0.1, -0.05) is 72.8 Å². The highest BCUT2D eigenvalue weighted by molar-refractivity contribution is 5.97. The molecule has 0 aliphatic rings. The SMILES string of the molecule is c1ccc(N(c2cccc(N(c3ccccc3)c3coc4ccccc34)c2)c2cc3ccccc3o2)cc1. The first-order valence-corrected chi connectivity index (χ1v) is 12.6. The van der Waals surface area contributed by atoms with Crippen LogP contribution in [-0.2, 0) is 0 Å². The summed E-state index contributed by atoms with van der Waals surface area (Å²) in [4.78, 5) is 4.39. The molecule has 0 aliphatic carbocycles. The maximum atomic E-state index is 6.35. The van der Waals surface area contributed by atoms with Gasteiger partial charge in [0.1, 0.15) is 17.4 Å². The number of benzene rings is 5. The molecule has 2 aromatic heterocycles. The van der Waals surface area contributed by atoms with E-state index in [1.165, 1.54) is 0 Å². The molecule has 4 nitrogen and oxygen atoms in total. The van der Waals surface area contributed by atoms with E-state index in [2.05, 4.69) is 88.7 Å². The molecular formula is C34H24N2O2. The molecule has 0 bridgehead atoms. The van der Waals surface area contributed by atoms with Crippen LogP contribution in [0.2, 0.25) is 0 Å². The molecule has 0 spiro atoms. The minimum absolute atomic E-state index is 0.759. The normalized spacial score (nSPS) is 11.2. The minimum atomic E-state index is 0.759. The van der Waals surface area contributed by atoms with Crippen molar-refractivity contribution in [3.05, 3.63) is 146 Å². The van der Waals surface area contributed by atoms with Crippen LogP contribution in [0.1, 0.15) is 0 Å². The second-order valence-electron chi connectivity index (χ2n) is 9.10. The standard InChI is InChI=1S/C34H24N2O2/c1-3-13-26(14-4-1)35(31-24-37-33-21-10-8-19-30(31)33)28-17-11-18-29(23-28)36(27-15-5-2-6-16-27)34-22-25-12-7-9-20-32(25)38-34/h1-24H. The van der Waals surface area contributed by atoms with Crippen molar-refractivity contribution in [1.82, 2.24) is 0 Å². The van der Waals surface area contributed by atoms with Crippen molar-refractivity contribution >= 4 is 56.3 Å². The van der Waals surface area contributed by atoms with Crippen LogP contribution in [0.25, 0.3) is 21.9 Å². The predicted octanol–water partition coefficient (Wildman–Crippen LogP) is 10.1. The van der Waals surface area contributed by atoms with Crippen molar-refractivity contribution in [1.29, 1.82) is 0 Å². The first-order chi connectivity index (χ1) is 18.8. The van der Waals surface area contributed by atoms with Gasteiger partial charge in [-0.05, 0) is 60.7 Å². The van der Waals surface area contributed by atoms with Gasteiger partial charge in [-0.15, -0.1) is 0 Å². The number of rotatable bonds is 6. The molecule has 0 fully saturated rings. The summed E-state index contributed by atoms with van der Waals surface area (Å²) in [6, 6.07) is 47.5. The molecule has 0 aliphatic heterocycles. The molecule has 0 saturated heterocycles. The van der Waals surface area contributed by atoms with Crippen LogP contribution in [0.15, 0.2) is 155 Å². The molecule has 0 unspecified atom stereocenters. The minimum Gasteiger partial charge on any atom is -0.462 e. The van der Waals surface area contributed by atoms with Gasteiger partial charge in [0.25, 0.3) is 0 Å². The summed E-state index contributed by atoms with van der Waals surface area (Å²) >= 11 is 0. The van der Waals surface area contributed by atoms with E-state index in [9.17, 15) is 0 Å². The van der Waals surface area contributed by atoms with E-state index < -0.39 is 0 Å². The van der Waals surface area contributed by atoms with Gasteiger partial charge in [0.05, 0.1) is 11.4 Å². The molecule has 7 rings (SSSR count). The van der Waals surface area contributed by atoms with E-state index in [-0.39, 0.29) is 0 Å². The predicted molar refractivity (Wildman–Crippen MR) is 155 cm³/mol. The van der Waals surface area contributed by atoms with Crippen molar-refractivity contribution < 1.29 is 8.83 Å². The van der Waals surface area contributed by atoms with Gasteiger partial charge in [-0.3, -0.25) is 4.90 Å². The van der Waals surface area contributed by atoms with E-state index in [1.807, 2.05) is 66.9 Å². The number of fused-ring (bicyclic) bond motifs is 2. The van der Waals surface area contributed by atoms with Gasteiger partial charge in [0.15, 0.2) is 0 Å². The van der Waals surface area contributed by atoms with Gasteiger partial charge in [-0.2, -0.15) is 0 Å². The first-order valence-electron chi connectivity index (χ1n) is 12.6. The van der Waals surface area contributed by atoms with Gasteiger partial charge in [0, 0.05) is 33.9 Å². The zero-order valence-corrected chi connectivity index (χ0v) is 20.6. The fourth-order valence-corrected chi connectivity index (χ4v) is 4.97. The molecule has 182 valence electrons. The third kappa shape index (κ3) is 3.89. The number of hydrogen-bond donors (Lipinski definition) is 0. The zero-order chi connectivity index (χ0) is 25.3. The Hall–Kier alpha value is -5.22. The van der Waals surface area contributed by atoms with E-state index in [4.69, 9.17) is 8.83 Å². The Morgan fingerprint density at radius 1 is 0.447 bits per heavy atom. The number of anilines is 6. The third-order valence-corrected chi connectivity index (χ3v) is 6.71. The molecule has 4 heteroatoms. The monoisotopic (exact) mass is 492 g/mol. The second kappa shape index (κ2) is 9.34. The summed E-state index contributed by atoms with van der Waals surface area (Å²) in [5.74, 6) is 0.759. The number of para-hydroxylation sites is 4. The summed E-state index contributed by atoms with van der Waals surface area (Å²) in [5, 5.41) is 2.12. The average molecular weight is 493 g/mol. The van der Waals surface area contributed by atoms with Crippen LogP contribution in [0.4, 0.5) is 34.3 Å². The van der Waals surface area contributed by atoms with E-state index in [0.717, 1.165) is 56.3 Å². The highest BCUT2D eigenvalue weighted by atomic mass is 16.4. The first kappa shape index (κ1) is 22.0. The van der Waals surface area contributed by atoms with Crippen LogP contribution in [0, 0.1) is 0 Å². The van der Waals surface area contributed by atoms with Crippen LogP contribution >= 0.6 is 0 Å². The van der Waals surface area contributed by atoms with Gasteiger partial charge in [0.2, 0.25) is 5.88 Å².